The van der Waals surface area contributed by atoms with Crippen LogP contribution in [-0.4, -0.2) is 25.0 Å². The molecule has 0 aromatic heterocycles. The summed E-state index contributed by atoms with van der Waals surface area (Å²) < 4.78 is 4.65. The summed E-state index contributed by atoms with van der Waals surface area (Å²) in [7, 11) is 0. The Morgan fingerprint density at radius 1 is 1.54 bits per heavy atom. The van der Waals surface area contributed by atoms with Crippen molar-refractivity contribution in [3.8, 4) is 12.3 Å². The molecule has 0 aliphatic heterocycles. The van der Waals surface area contributed by atoms with Crippen molar-refractivity contribution in [2.75, 3.05) is 13.2 Å². The van der Waals surface area contributed by atoms with Crippen LogP contribution in [0.1, 0.15) is 19.8 Å². The zero-order chi connectivity index (χ0) is 10.1. The third-order valence-corrected chi connectivity index (χ3v) is 1.22. The lowest BCUT2D eigenvalue weighted by atomic mass is 10.4. The molecule has 0 aliphatic carbocycles. The second-order valence-corrected chi connectivity index (χ2v) is 2.29. The molecule has 0 saturated carbocycles. The molecule has 1 amide bonds. The van der Waals surface area contributed by atoms with Crippen molar-refractivity contribution in [1.29, 1.82) is 0 Å². The molecule has 0 unspecified atom stereocenters. The van der Waals surface area contributed by atoms with Crippen LogP contribution in [0, 0.1) is 12.3 Å². The normalized spacial score (nSPS) is 8.62. The molecule has 4 heteroatoms. The summed E-state index contributed by atoms with van der Waals surface area (Å²) in [6.07, 6.45) is 5.14. The fourth-order valence-corrected chi connectivity index (χ4v) is 0.692. The maximum atomic E-state index is 10.8. The van der Waals surface area contributed by atoms with E-state index < -0.39 is 0 Å². The standard InChI is InChI=1S/C9H13NO3/c1-3-5-8(11)10-7-6-9(12)13-4-2/h1H,4-7H2,2H3,(H,10,11). The van der Waals surface area contributed by atoms with Gasteiger partial charge in [0.05, 0.1) is 19.4 Å². The minimum atomic E-state index is -0.316. The fourth-order valence-electron chi connectivity index (χ4n) is 0.692. The summed E-state index contributed by atoms with van der Waals surface area (Å²) >= 11 is 0. The van der Waals surface area contributed by atoms with Crippen molar-refractivity contribution in [1.82, 2.24) is 5.32 Å². The molecule has 0 heterocycles. The van der Waals surface area contributed by atoms with E-state index in [1.807, 2.05) is 0 Å². The summed E-state index contributed by atoms with van der Waals surface area (Å²) in [5, 5.41) is 2.49. The zero-order valence-corrected chi connectivity index (χ0v) is 7.63. The third-order valence-electron chi connectivity index (χ3n) is 1.22. The fraction of sp³-hybridized carbons (Fsp3) is 0.556. The van der Waals surface area contributed by atoms with Gasteiger partial charge in [0.15, 0.2) is 0 Å². The Hall–Kier alpha value is -1.50. The number of esters is 1. The van der Waals surface area contributed by atoms with Gasteiger partial charge in [-0.3, -0.25) is 9.59 Å². The van der Waals surface area contributed by atoms with Gasteiger partial charge in [-0.2, -0.15) is 0 Å². The number of carbonyl (C=O) groups is 2. The van der Waals surface area contributed by atoms with E-state index in [2.05, 4.69) is 16.0 Å². The van der Waals surface area contributed by atoms with Crippen molar-refractivity contribution in [3.05, 3.63) is 0 Å². The average Bonchev–Trinajstić information content (AvgIpc) is 2.05. The number of terminal acetylenes is 1. The van der Waals surface area contributed by atoms with Crippen LogP contribution < -0.4 is 5.32 Å². The highest BCUT2D eigenvalue weighted by Crippen LogP contribution is 1.84. The molecule has 0 aliphatic rings. The lowest BCUT2D eigenvalue weighted by Gasteiger charge is -2.02. The van der Waals surface area contributed by atoms with Gasteiger partial charge in [0.1, 0.15) is 0 Å². The third kappa shape index (κ3) is 6.88. The number of ether oxygens (including phenoxy) is 1. The highest BCUT2D eigenvalue weighted by molar-refractivity contribution is 5.79. The quantitative estimate of drug-likeness (QED) is 0.485. The van der Waals surface area contributed by atoms with E-state index in [9.17, 15) is 9.59 Å². The molecule has 0 fully saturated rings. The Bertz CT molecular complexity index is 217. The Labute approximate surface area is 77.6 Å². The van der Waals surface area contributed by atoms with Gasteiger partial charge in [-0.05, 0) is 6.92 Å². The van der Waals surface area contributed by atoms with E-state index in [1.54, 1.807) is 6.92 Å². The van der Waals surface area contributed by atoms with Gasteiger partial charge >= 0.3 is 5.97 Å². The number of hydrogen-bond acceptors (Lipinski definition) is 3. The molecule has 0 atom stereocenters. The van der Waals surface area contributed by atoms with Crippen molar-refractivity contribution < 1.29 is 14.3 Å². The molecule has 72 valence electrons. The smallest absolute Gasteiger partial charge is 0.307 e. The van der Waals surface area contributed by atoms with E-state index >= 15 is 0 Å². The summed E-state index contributed by atoms with van der Waals surface area (Å²) in [6, 6.07) is 0. The second-order valence-electron chi connectivity index (χ2n) is 2.29. The topological polar surface area (TPSA) is 55.4 Å². The Morgan fingerprint density at radius 3 is 2.77 bits per heavy atom. The largest absolute Gasteiger partial charge is 0.466 e. The second kappa shape index (κ2) is 7.17. The molecule has 0 aromatic carbocycles. The molecular formula is C9H13NO3. The van der Waals surface area contributed by atoms with Crippen molar-refractivity contribution in [3.63, 3.8) is 0 Å². The van der Waals surface area contributed by atoms with Crippen LogP contribution in [0.5, 0.6) is 0 Å². The Kier molecular flexibility index (Phi) is 6.34. The monoisotopic (exact) mass is 183 g/mol. The maximum absolute atomic E-state index is 10.8. The Morgan fingerprint density at radius 2 is 2.23 bits per heavy atom. The molecular weight excluding hydrogens is 170 g/mol. The van der Waals surface area contributed by atoms with Crippen LogP contribution in [0.4, 0.5) is 0 Å². The highest BCUT2D eigenvalue weighted by atomic mass is 16.5. The van der Waals surface area contributed by atoms with Gasteiger partial charge in [0.2, 0.25) is 5.91 Å². The average molecular weight is 183 g/mol. The van der Waals surface area contributed by atoms with Gasteiger partial charge in [-0.1, -0.05) is 5.92 Å². The molecule has 0 radical (unpaired) electrons. The molecule has 1 N–H and O–H groups in total. The van der Waals surface area contributed by atoms with Gasteiger partial charge in [-0.25, -0.2) is 0 Å². The first-order valence-corrected chi connectivity index (χ1v) is 4.06. The van der Waals surface area contributed by atoms with Crippen LogP contribution in [0.3, 0.4) is 0 Å². The first kappa shape index (κ1) is 11.5. The number of rotatable bonds is 5. The molecule has 4 nitrogen and oxygen atoms in total. The highest BCUT2D eigenvalue weighted by Gasteiger charge is 2.02. The van der Waals surface area contributed by atoms with E-state index in [4.69, 9.17) is 6.42 Å². The van der Waals surface area contributed by atoms with Crippen LogP contribution in [0.25, 0.3) is 0 Å². The van der Waals surface area contributed by atoms with Gasteiger partial charge in [0.25, 0.3) is 0 Å². The molecule has 0 rings (SSSR count). The van der Waals surface area contributed by atoms with Crippen molar-refractivity contribution in [2.24, 2.45) is 0 Å². The van der Waals surface area contributed by atoms with Crippen LogP contribution in [-0.2, 0) is 14.3 Å². The minimum Gasteiger partial charge on any atom is -0.466 e. The lowest BCUT2D eigenvalue weighted by molar-refractivity contribution is -0.143. The number of nitrogens with one attached hydrogen (secondary N) is 1. The summed E-state index contributed by atoms with van der Waals surface area (Å²) in [6.45, 7) is 2.37. The predicted molar refractivity (Wildman–Crippen MR) is 47.7 cm³/mol. The van der Waals surface area contributed by atoms with Crippen LogP contribution in [0.2, 0.25) is 0 Å². The predicted octanol–water partition coefficient (Wildman–Crippen LogP) is 0.0791. The molecule has 0 spiro atoms. The molecule has 0 bridgehead atoms. The van der Waals surface area contributed by atoms with E-state index in [-0.39, 0.29) is 31.3 Å². The molecule has 13 heavy (non-hydrogen) atoms. The van der Waals surface area contributed by atoms with E-state index in [0.717, 1.165) is 0 Å². The van der Waals surface area contributed by atoms with E-state index in [0.29, 0.717) is 6.61 Å². The van der Waals surface area contributed by atoms with Gasteiger partial charge < -0.3 is 10.1 Å². The van der Waals surface area contributed by atoms with Crippen molar-refractivity contribution >= 4 is 11.9 Å². The minimum absolute atomic E-state index is 0.0445. The van der Waals surface area contributed by atoms with Crippen LogP contribution >= 0.6 is 0 Å². The number of amides is 1. The summed E-state index contributed by atoms with van der Waals surface area (Å²) in [4.78, 5) is 21.5. The maximum Gasteiger partial charge on any atom is 0.307 e. The zero-order valence-electron chi connectivity index (χ0n) is 7.63. The van der Waals surface area contributed by atoms with Gasteiger partial charge in [0, 0.05) is 6.54 Å². The Balaban J connectivity index is 3.40. The number of hydrogen-bond donors (Lipinski definition) is 1. The first-order valence-electron chi connectivity index (χ1n) is 4.06. The lowest BCUT2D eigenvalue weighted by Crippen LogP contribution is -2.25. The van der Waals surface area contributed by atoms with Crippen LogP contribution in [0.15, 0.2) is 0 Å². The summed E-state index contributed by atoms with van der Waals surface area (Å²) in [5.41, 5.74) is 0. The van der Waals surface area contributed by atoms with Gasteiger partial charge in [-0.15, -0.1) is 6.42 Å². The molecule has 0 saturated heterocycles. The number of carbonyl (C=O) groups excluding carboxylic acids is 2. The summed E-state index contributed by atoms with van der Waals surface area (Å²) in [5.74, 6) is 1.64. The first-order chi connectivity index (χ1) is 6.20. The SMILES string of the molecule is C#CCC(=O)NCCC(=O)OCC. The van der Waals surface area contributed by atoms with E-state index in [1.165, 1.54) is 0 Å². The molecule has 0 aromatic rings. The van der Waals surface area contributed by atoms with Crippen molar-refractivity contribution in [2.45, 2.75) is 19.8 Å².